The lowest BCUT2D eigenvalue weighted by Crippen LogP contribution is -2.44. The van der Waals surface area contributed by atoms with Gasteiger partial charge in [-0.2, -0.15) is 0 Å². The van der Waals surface area contributed by atoms with Gasteiger partial charge in [0.1, 0.15) is 41.1 Å². The summed E-state index contributed by atoms with van der Waals surface area (Å²) in [6.45, 7) is 1.97. The van der Waals surface area contributed by atoms with Crippen LogP contribution >= 0.6 is 11.8 Å². The molecule has 3 aliphatic heterocycles. The molecule has 36 heavy (non-hydrogen) atoms. The van der Waals surface area contributed by atoms with E-state index in [1.54, 1.807) is 0 Å². The predicted molar refractivity (Wildman–Crippen MR) is 124 cm³/mol. The Kier molecular flexibility index (Phi) is 8.67. The van der Waals surface area contributed by atoms with Crippen LogP contribution in [0.4, 0.5) is 0 Å². The first kappa shape index (κ1) is 27.0. The Hall–Kier alpha value is -2.04. The number of pyridine rings is 1. The highest BCUT2D eigenvalue weighted by atomic mass is 32.2. The molecule has 1 aromatic heterocycles. The molecule has 2 bridgehead atoms. The van der Waals surface area contributed by atoms with Crippen molar-refractivity contribution in [3.05, 3.63) is 18.0 Å². The standard InChI is InChI=1S/C22H30N2O11S/c1-22(21(29)30)10-36-19(24-22)15-13(26)6-11(7-23-15)32-4-2-31-3-5-33-20-17(28)18-16(27)12(9-34-18)14(8-25)35-20/h6-7,12,14,16-18,20,25-28H,2-5,8-10H2,1H3,(H,29,30). The van der Waals surface area contributed by atoms with E-state index in [1.165, 1.54) is 30.9 Å². The van der Waals surface area contributed by atoms with Crippen LogP contribution in [-0.4, -0.2) is 123 Å². The van der Waals surface area contributed by atoms with Crippen molar-refractivity contribution < 1.29 is 54.0 Å². The molecule has 0 aliphatic carbocycles. The molecule has 0 radical (unpaired) electrons. The molecule has 200 valence electrons. The Labute approximate surface area is 211 Å². The third kappa shape index (κ3) is 5.75. The van der Waals surface area contributed by atoms with Gasteiger partial charge in [0.15, 0.2) is 11.8 Å². The van der Waals surface area contributed by atoms with Crippen LogP contribution in [0.15, 0.2) is 17.3 Å². The summed E-state index contributed by atoms with van der Waals surface area (Å²) in [5, 5.41) is 50.1. The summed E-state index contributed by atoms with van der Waals surface area (Å²) in [4.78, 5) is 19.7. The zero-order chi connectivity index (χ0) is 25.9. The molecular weight excluding hydrogens is 500 g/mol. The van der Waals surface area contributed by atoms with Gasteiger partial charge < -0.3 is 49.2 Å². The summed E-state index contributed by atoms with van der Waals surface area (Å²) in [6, 6.07) is 1.37. The minimum Gasteiger partial charge on any atom is -0.505 e. The van der Waals surface area contributed by atoms with Crippen LogP contribution in [0.1, 0.15) is 12.6 Å². The molecule has 0 amide bonds. The number of nitrogens with zero attached hydrogens (tertiary/aromatic N) is 2. The number of aliphatic hydroxyl groups is 3. The van der Waals surface area contributed by atoms with Crippen molar-refractivity contribution in [1.29, 1.82) is 0 Å². The van der Waals surface area contributed by atoms with E-state index in [-0.39, 0.29) is 56.8 Å². The van der Waals surface area contributed by atoms with Crippen LogP contribution in [0.3, 0.4) is 0 Å². The minimum absolute atomic E-state index is 0.0828. The van der Waals surface area contributed by atoms with E-state index < -0.39 is 48.1 Å². The van der Waals surface area contributed by atoms with Gasteiger partial charge in [-0.1, -0.05) is 0 Å². The highest BCUT2D eigenvalue weighted by molar-refractivity contribution is 8.14. The summed E-state index contributed by atoms with van der Waals surface area (Å²) in [6.07, 6.45) is -3.38. The number of aliphatic imine (C=N–C) groups is 1. The van der Waals surface area contributed by atoms with Crippen LogP contribution < -0.4 is 4.74 Å². The van der Waals surface area contributed by atoms with Crippen LogP contribution in [0.5, 0.6) is 11.5 Å². The second-order valence-corrected chi connectivity index (χ2v) is 9.79. The first-order valence-electron chi connectivity index (χ1n) is 11.4. The minimum atomic E-state index is -1.25. The maximum atomic E-state index is 11.3. The highest BCUT2D eigenvalue weighted by Gasteiger charge is 2.51. The van der Waals surface area contributed by atoms with Crippen molar-refractivity contribution >= 4 is 22.8 Å². The molecule has 0 saturated carbocycles. The molecule has 0 aromatic carbocycles. The van der Waals surface area contributed by atoms with Gasteiger partial charge in [0.2, 0.25) is 0 Å². The average molecular weight is 531 g/mol. The quantitative estimate of drug-likeness (QED) is 0.219. The zero-order valence-corrected chi connectivity index (χ0v) is 20.4. The van der Waals surface area contributed by atoms with Crippen molar-refractivity contribution in [2.75, 3.05) is 45.4 Å². The molecule has 14 heteroatoms. The van der Waals surface area contributed by atoms with Crippen molar-refractivity contribution in [1.82, 2.24) is 4.98 Å². The number of carboxylic acid groups (broad SMARTS) is 1. The van der Waals surface area contributed by atoms with Gasteiger partial charge in [-0.3, -0.25) is 4.99 Å². The second-order valence-electron chi connectivity index (χ2n) is 8.82. The van der Waals surface area contributed by atoms with E-state index in [0.717, 1.165) is 0 Å². The number of carboxylic acids is 1. The fourth-order valence-electron chi connectivity index (χ4n) is 4.07. The number of aliphatic hydroxyl groups excluding tert-OH is 3. The van der Waals surface area contributed by atoms with E-state index >= 15 is 0 Å². The van der Waals surface area contributed by atoms with Gasteiger partial charge in [0.05, 0.1) is 51.4 Å². The van der Waals surface area contributed by atoms with Crippen molar-refractivity contribution in [2.24, 2.45) is 10.9 Å². The topological polar surface area (TPSA) is 190 Å². The smallest absolute Gasteiger partial charge is 0.332 e. The van der Waals surface area contributed by atoms with E-state index in [1.807, 2.05) is 0 Å². The summed E-state index contributed by atoms with van der Waals surface area (Å²) < 4.78 is 27.6. The number of aliphatic carboxylic acids is 1. The van der Waals surface area contributed by atoms with Gasteiger partial charge in [0.25, 0.3) is 0 Å². The maximum absolute atomic E-state index is 11.3. The van der Waals surface area contributed by atoms with Crippen molar-refractivity contribution in [3.63, 3.8) is 0 Å². The molecule has 3 aliphatic rings. The largest absolute Gasteiger partial charge is 0.505 e. The number of thioether (sulfide) groups is 1. The normalized spacial score (nSPS) is 33.8. The SMILES string of the molecule is CC1(C(=O)O)CSC(c2ncc(OCCOCCOC3OC(CO)C4COC(C3O)C4O)cc2O)=N1. The van der Waals surface area contributed by atoms with Crippen LogP contribution in [0.25, 0.3) is 0 Å². The van der Waals surface area contributed by atoms with Gasteiger partial charge >= 0.3 is 5.97 Å². The van der Waals surface area contributed by atoms with Crippen LogP contribution in [0, 0.1) is 5.92 Å². The molecular formula is C22H30N2O11S. The van der Waals surface area contributed by atoms with E-state index in [2.05, 4.69) is 9.98 Å². The zero-order valence-electron chi connectivity index (χ0n) is 19.6. The van der Waals surface area contributed by atoms with Crippen molar-refractivity contribution in [2.45, 2.75) is 43.2 Å². The second kappa shape index (κ2) is 11.6. The van der Waals surface area contributed by atoms with Crippen LogP contribution in [0.2, 0.25) is 0 Å². The fraction of sp³-hybridized carbons (Fsp3) is 0.682. The van der Waals surface area contributed by atoms with Crippen molar-refractivity contribution in [3.8, 4) is 11.5 Å². The monoisotopic (exact) mass is 530 g/mol. The third-order valence-corrected chi connectivity index (χ3v) is 7.45. The third-order valence-electron chi connectivity index (χ3n) is 6.19. The molecule has 7 atom stereocenters. The first-order valence-corrected chi connectivity index (χ1v) is 12.4. The number of fused-ring (bicyclic) bond motifs is 2. The summed E-state index contributed by atoms with van der Waals surface area (Å²) in [5.74, 6) is -1.09. The molecule has 5 N–H and O–H groups in total. The predicted octanol–water partition coefficient (Wildman–Crippen LogP) is -1.01. The molecule has 0 spiro atoms. The fourth-order valence-corrected chi connectivity index (χ4v) is 5.23. The summed E-state index contributed by atoms with van der Waals surface area (Å²) >= 11 is 1.21. The molecule has 4 heterocycles. The number of aromatic nitrogens is 1. The van der Waals surface area contributed by atoms with Gasteiger partial charge in [-0.25, -0.2) is 9.78 Å². The lowest BCUT2D eigenvalue weighted by molar-refractivity contribution is -0.248. The Morgan fingerprint density at radius 3 is 2.72 bits per heavy atom. The number of aromatic hydroxyl groups is 1. The molecule has 2 saturated heterocycles. The number of hydrogen-bond donors (Lipinski definition) is 5. The number of hydrogen-bond acceptors (Lipinski definition) is 13. The van der Waals surface area contributed by atoms with E-state index in [0.29, 0.717) is 10.8 Å². The number of ether oxygens (including phenoxy) is 5. The Bertz CT molecular complexity index is 966. The summed E-state index contributed by atoms with van der Waals surface area (Å²) in [5.41, 5.74) is -1.05. The van der Waals surface area contributed by atoms with Gasteiger partial charge in [-0.05, 0) is 6.92 Å². The van der Waals surface area contributed by atoms with E-state index in [9.17, 15) is 30.3 Å². The molecule has 2 fully saturated rings. The van der Waals surface area contributed by atoms with Gasteiger partial charge in [0, 0.05) is 17.7 Å². The number of carbonyl (C=O) groups is 1. The van der Waals surface area contributed by atoms with Crippen LogP contribution in [-0.2, 0) is 23.7 Å². The molecule has 13 nitrogen and oxygen atoms in total. The highest BCUT2D eigenvalue weighted by Crippen LogP contribution is 2.35. The lowest BCUT2D eigenvalue weighted by Gasteiger charge is -2.29. The maximum Gasteiger partial charge on any atom is 0.332 e. The first-order chi connectivity index (χ1) is 17.2. The Morgan fingerprint density at radius 2 is 2.03 bits per heavy atom. The Morgan fingerprint density at radius 1 is 1.25 bits per heavy atom. The molecule has 4 rings (SSSR count). The molecule has 7 unspecified atom stereocenters. The molecule has 1 aromatic rings. The lowest BCUT2D eigenvalue weighted by atomic mass is 9.95. The van der Waals surface area contributed by atoms with E-state index in [4.69, 9.17) is 23.7 Å². The van der Waals surface area contributed by atoms with Gasteiger partial charge in [-0.15, -0.1) is 11.8 Å². The Balaban J connectivity index is 1.17. The average Bonchev–Trinajstić information content (AvgIpc) is 3.41. The number of rotatable bonds is 11. The summed E-state index contributed by atoms with van der Waals surface area (Å²) in [7, 11) is 0.